The Kier molecular flexibility index (Phi) is 3.68. The summed E-state index contributed by atoms with van der Waals surface area (Å²) in [6.45, 7) is 1.95. The number of rotatable bonds is 2. The normalized spacial score (nSPS) is 18.3. The van der Waals surface area contributed by atoms with Gasteiger partial charge in [0.05, 0.1) is 5.75 Å². The lowest BCUT2D eigenvalue weighted by Gasteiger charge is -2.24. The fourth-order valence-electron chi connectivity index (χ4n) is 2.39. The summed E-state index contributed by atoms with van der Waals surface area (Å²) in [4.78, 5) is 13.8. The summed E-state index contributed by atoms with van der Waals surface area (Å²) >= 11 is 1.41. The molecular formula is C16H13F2NOS. The summed E-state index contributed by atoms with van der Waals surface area (Å²) in [6.07, 6.45) is 0. The Morgan fingerprint density at radius 1 is 1.14 bits per heavy atom. The molecule has 0 aromatic heterocycles. The maximum absolute atomic E-state index is 13.4. The summed E-state index contributed by atoms with van der Waals surface area (Å²) < 4.78 is 26.5. The van der Waals surface area contributed by atoms with Gasteiger partial charge in [0.15, 0.2) is 11.6 Å². The Morgan fingerprint density at radius 2 is 1.95 bits per heavy atom. The lowest BCUT2D eigenvalue weighted by Crippen LogP contribution is -2.27. The minimum absolute atomic E-state index is 0.0275. The number of nitrogens with zero attached hydrogens (tertiary/aromatic N) is 1. The number of benzene rings is 2. The minimum atomic E-state index is -0.892. The largest absolute Gasteiger partial charge is 0.295 e. The molecule has 1 heterocycles. The number of hydrogen-bond donors (Lipinski definition) is 0. The van der Waals surface area contributed by atoms with E-state index >= 15 is 0 Å². The molecule has 5 heteroatoms. The van der Waals surface area contributed by atoms with Gasteiger partial charge in [0, 0.05) is 5.69 Å². The molecule has 0 saturated carbocycles. The third-order valence-corrected chi connectivity index (χ3v) is 4.59. The van der Waals surface area contributed by atoms with Gasteiger partial charge in [0.25, 0.3) is 0 Å². The number of halogens is 2. The standard InChI is InChI=1S/C16H13F2NOS/c1-10-3-2-4-12(7-10)19-15(20)9-21-16(19)11-5-6-13(17)14(18)8-11/h2-8,16H,9H2,1H3. The molecule has 21 heavy (non-hydrogen) atoms. The molecule has 0 spiro atoms. The Hall–Kier alpha value is -1.88. The summed E-state index contributed by atoms with van der Waals surface area (Å²) in [5.41, 5.74) is 2.41. The monoisotopic (exact) mass is 305 g/mol. The average Bonchev–Trinajstić information content (AvgIpc) is 2.84. The SMILES string of the molecule is Cc1cccc(N2C(=O)CSC2c2ccc(F)c(F)c2)c1. The van der Waals surface area contributed by atoms with Crippen LogP contribution in [0.15, 0.2) is 42.5 Å². The van der Waals surface area contributed by atoms with Crippen molar-refractivity contribution in [2.24, 2.45) is 0 Å². The van der Waals surface area contributed by atoms with E-state index in [2.05, 4.69) is 0 Å². The third kappa shape index (κ3) is 2.65. The molecule has 0 radical (unpaired) electrons. The van der Waals surface area contributed by atoms with Crippen LogP contribution >= 0.6 is 11.8 Å². The van der Waals surface area contributed by atoms with Crippen molar-refractivity contribution < 1.29 is 13.6 Å². The second-order valence-corrected chi connectivity index (χ2v) is 6.01. The van der Waals surface area contributed by atoms with Crippen molar-refractivity contribution in [1.29, 1.82) is 0 Å². The van der Waals surface area contributed by atoms with E-state index in [0.29, 0.717) is 11.3 Å². The first-order valence-corrected chi connectivity index (χ1v) is 7.56. The molecule has 1 amide bonds. The summed E-state index contributed by atoms with van der Waals surface area (Å²) in [5, 5.41) is -0.325. The smallest absolute Gasteiger partial charge is 0.238 e. The zero-order valence-corrected chi connectivity index (χ0v) is 12.2. The van der Waals surface area contributed by atoms with Crippen molar-refractivity contribution in [2.45, 2.75) is 12.3 Å². The van der Waals surface area contributed by atoms with Crippen LogP contribution < -0.4 is 4.90 Å². The molecular weight excluding hydrogens is 292 g/mol. The van der Waals surface area contributed by atoms with Crippen LogP contribution in [-0.4, -0.2) is 11.7 Å². The van der Waals surface area contributed by atoms with Gasteiger partial charge in [-0.2, -0.15) is 0 Å². The fourth-order valence-corrected chi connectivity index (χ4v) is 3.56. The molecule has 0 bridgehead atoms. The van der Waals surface area contributed by atoms with Gasteiger partial charge in [-0.05, 0) is 42.3 Å². The maximum atomic E-state index is 13.4. The molecule has 108 valence electrons. The molecule has 2 aromatic rings. The topological polar surface area (TPSA) is 20.3 Å². The van der Waals surface area contributed by atoms with E-state index in [1.165, 1.54) is 17.8 Å². The van der Waals surface area contributed by atoms with E-state index in [1.807, 2.05) is 31.2 Å². The van der Waals surface area contributed by atoms with Gasteiger partial charge in [-0.15, -0.1) is 11.8 Å². The summed E-state index contributed by atoms with van der Waals surface area (Å²) in [6, 6.07) is 11.4. The van der Waals surface area contributed by atoms with Crippen molar-refractivity contribution in [3.63, 3.8) is 0 Å². The zero-order chi connectivity index (χ0) is 15.0. The zero-order valence-electron chi connectivity index (χ0n) is 11.3. The van der Waals surface area contributed by atoms with Crippen molar-refractivity contribution in [2.75, 3.05) is 10.7 Å². The number of carbonyl (C=O) groups excluding carboxylic acids is 1. The number of amides is 1. The first-order valence-electron chi connectivity index (χ1n) is 6.51. The molecule has 1 aliphatic rings. The molecule has 1 atom stereocenters. The van der Waals surface area contributed by atoms with Gasteiger partial charge in [0.2, 0.25) is 5.91 Å². The first kappa shape index (κ1) is 14.1. The summed E-state index contributed by atoms with van der Waals surface area (Å²) in [5.74, 6) is -1.47. The number of hydrogen-bond acceptors (Lipinski definition) is 2. The van der Waals surface area contributed by atoms with Crippen LogP contribution in [0.25, 0.3) is 0 Å². The van der Waals surface area contributed by atoms with Gasteiger partial charge < -0.3 is 0 Å². The Labute approximate surface area is 125 Å². The van der Waals surface area contributed by atoms with Crippen LogP contribution in [0.5, 0.6) is 0 Å². The second kappa shape index (κ2) is 5.48. The maximum Gasteiger partial charge on any atom is 0.238 e. The predicted molar refractivity (Wildman–Crippen MR) is 80.2 cm³/mol. The number of carbonyl (C=O) groups is 1. The lowest BCUT2D eigenvalue weighted by atomic mass is 10.1. The first-order chi connectivity index (χ1) is 10.1. The van der Waals surface area contributed by atoms with Crippen LogP contribution in [0.4, 0.5) is 14.5 Å². The van der Waals surface area contributed by atoms with E-state index < -0.39 is 11.6 Å². The molecule has 1 aliphatic heterocycles. The van der Waals surface area contributed by atoms with Gasteiger partial charge >= 0.3 is 0 Å². The van der Waals surface area contributed by atoms with E-state index in [-0.39, 0.29) is 11.3 Å². The highest BCUT2D eigenvalue weighted by atomic mass is 32.2. The highest BCUT2D eigenvalue weighted by molar-refractivity contribution is 8.00. The van der Waals surface area contributed by atoms with Crippen molar-refractivity contribution in [1.82, 2.24) is 0 Å². The second-order valence-electron chi connectivity index (χ2n) is 4.94. The van der Waals surface area contributed by atoms with Crippen molar-refractivity contribution in [3.8, 4) is 0 Å². The van der Waals surface area contributed by atoms with Crippen LogP contribution in [-0.2, 0) is 4.79 Å². The summed E-state index contributed by atoms with van der Waals surface area (Å²) in [7, 11) is 0. The highest BCUT2D eigenvalue weighted by Gasteiger charge is 2.34. The molecule has 1 unspecified atom stereocenters. The molecule has 2 aromatic carbocycles. The van der Waals surface area contributed by atoms with Crippen LogP contribution in [0, 0.1) is 18.6 Å². The number of aryl methyl sites for hydroxylation is 1. The molecule has 0 aliphatic carbocycles. The molecule has 3 rings (SSSR count). The quantitative estimate of drug-likeness (QED) is 0.834. The Bertz CT molecular complexity index is 704. The van der Waals surface area contributed by atoms with Gasteiger partial charge in [0.1, 0.15) is 5.37 Å². The van der Waals surface area contributed by atoms with E-state index in [9.17, 15) is 13.6 Å². The predicted octanol–water partition coefficient (Wildman–Crippen LogP) is 4.05. The molecule has 0 N–H and O–H groups in total. The van der Waals surface area contributed by atoms with E-state index in [4.69, 9.17) is 0 Å². The lowest BCUT2D eigenvalue weighted by molar-refractivity contribution is -0.115. The van der Waals surface area contributed by atoms with Gasteiger partial charge in [-0.3, -0.25) is 9.69 Å². The average molecular weight is 305 g/mol. The van der Waals surface area contributed by atoms with Crippen LogP contribution in [0.3, 0.4) is 0 Å². The van der Waals surface area contributed by atoms with Crippen molar-refractivity contribution >= 4 is 23.4 Å². The van der Waals surface area contributed by atoms with Gasteiger partial charge in [-0.25, -0.2) is 8.78 Å². The minimum Gasteiger partial charge on any atom is -0.295 e. The van der Waals surface area contributed by atoms with E-state index in [1.54, 1.807) is 4.90 Å². The molecule has 1 fully saturated rings. The van der Waals surface area contributed by atoms with E-state index in [0.717, 1.165) is 23.4 Å². The Morgan fingerprint density at radius 3 is 2.67 bits per heavy atom. The molecule has 2 nitrogen and oxygen atoms in total. The third-order valence-electron chi connectivity index (χ3n) is 3.38. The number of thioether (sulfide) groups is 1. The molecule has 1 saturated heterocycles. The fraction of sp³-hybridized carbons (Fsp3) is 0.188. The Balaban J connectivity index is 2.01. The van der Waals surface area contributed by atoms with Crippen LogP contribution in [0.1, 0.15) is 16.5 Å². The number of anilines is 1. The van der Waals surface area contributed by atoms with Gasteiger partial charge in [-0.1, -0.05) is 18.2 Å². The van der Waals surface area contributed by atoms with Crippen LogP contribution in [0.2, 0.25) is 0 Å². The van der Waals surface area contributed by atoms with Crippen molar-refractivity contribution in [3.05, 3.63) is 65.2 Å². The highest BCUT2D eigenvalue weighted by Crippen LogP contribution is 2.42.